The van der Waals surface area contributed by atoms with Crippen LogP contribution < -0.4 is 16.2 Å². The summed E-state index contributed by atoms with van der Waals surface area (Å²) < 4.78 is 16.4. The van der Waals surface area contributed by atoms with Crippen LogP contribution in [0.3, 0.4) is 0 Å². The lowest BCUT2D eigenvalue weighted by molar-refractivity contribution is -0.148. The van der Waals surface area contributed by atoms with Gasteiger partial charge in [-0.2, -0.15) is 5.26 Å². The second-order valence-electron chi connectivity index (χ2n) is 10.6. The fourth-order valence-corrected chi connectivity index (χ4v) is 5.89. The molecule has 2 heterocycles. The van der Waals surface area contributed by atoms with Crippen molar-refractivity contribution in [2.45, 2.75) is 43.2 Å². The fraction of sp³-hybridized carbons (Fsp3) is 0.281. The van der Waals surface area contributed by atoms with Crippen molar-refractivity contribution in [2.75, 3.05) is 25.6 Å². The average Bonchev–Trinajstić information content (AvgIpc) is 3.49. The number of nitrogen functional groups attached to an aromatic ring is 1. The monoisotopic (exact) mass is 662 g/mol. The standard InChI is InChI=1S/C32H31ClN6O4S2/c1-32(2,3)43-16-25(35)31(40)42-14-13-41-23-11-7-19(8-12-23)26-24(15-34)30(39-28(36)27(26)37-4)45-18-22-17-44-29(38-22)20-5-9-21(33)10-6-20/h5-12,17,25H,13-14,16,18,35H2,1-3H3,(H2,36,39)/t25-/m0/s1. The normalized spacial score (nSPS) is 11.8. The Bertz CT molecular complexity index is 1730. The molecule has 0 radical (unpaired) electrons. The second kappa shape index (κ2) is 15.2. The molecule has 4 rings (SSSR count). The smallest absolute Gasteiger partial charge is 0.325 e. The Kier molecular flexibility index (Phi) is 11.4. The molecule has 4 aromatic rings. The molecule has 45 heavy (non-hydrogen) atoms. The first kappa shape index (κ1) is 33.7. The maximum atomic E-state index is 12.1. The first-order valence-electron chi connectivity index (χ1n) is 13.7. The van der Waals surface area contributed by atoms with Crippen molar-refractivity contribution in [3.63, 3.8) is 0 Å². The summed E-state index contributed by atoms with van der Waals surface area (Å²) in [7, 11) is 0. The molecule has 232 valence electrons. The van der Waals surface area contributed by atoms with E-state index in [0.29, 0.717) is 32.7 Å². The number of hydrogen-bond donors (Lipinski definition) is 2. The molecule has 0 amide bonds. The number of benzene rings is 2. The van der Waals surface area contributed by atoms with Crippen LogP contribution in [0.25, 0.3) is 26.5 Å². The largest absolute Gasteiger partial charge is 0.490 e. The van der Waals surface area contributed by atoms with Crippen LogP contribution in [-0.4, -0.2) is 47.4 Å². The maximum Gasteiger partial charge on any atom is 0.325 e. The van der Waals surface area contributed by atoms with Gasteiger partial charge in [-0.3, -0.25) is 4.79 Å². The first-order chi connectivity index (χ1) is 21.5. The zero-order valence-electron chi connectivity index (χ0n) is 24.9. The third-order valence-electron chi connectivity index (χ3n) is 6.13. The van der Waals surface area contributed by atoms with Crippen molar-refractivity contribution in [1.82, 2.24) is 9.97 Å². The van der Waals surface area contributed by atoms with Crippen molar-refractivity contribution in [3.05, 3.63) is 81.6 Å². The van der Waals surface area contributed by atoms with Crippen molar-refractivity contribution in [3.8, 4) is 33.5 Å². The van der Waals surface area contributed by atoms with Crippen molar-refractivity contribution in [2.24, 2.45) is 5.73 Å². The summed E-state index contributed by atoms with van der Waals surface area (Å²) in [5.41, 5.74) is 14.8. The third-order valence-corrected chi connectivity index (χ3v) is 8.33. The number of nitriles is 1. The van der Waals surface area contributed by atoms with Crippen LogP contribution in [-0.2, 0) is 20.0 Å². The molecule has 0 saturated heterocycles. The number of pyridine rings is 1. The van der Waals surface area contributed by atoms with Gasteiger partial charge < -0.3 is 25.7 Å². The highest BCUT2D eigenvalue weighted by Gasteiger charge is 2.22. The van der Waals surface area contributed by atoms with E-state index in [0.717, 1.165) is 16.3 Å². The van der Waals surface area contributed by atoms with Crippen molar-refractivity contribution in [1.29, 1.82) is 5.26 Å². The lowest BCUT2D eigenvalue weighted by atomic mass is 10.00. The maximum absolute atomic E-state index is 12.1. The minimum Gasteiger partial charge on any atom is -0.490 e. The number of ether oxygens (including phenoxy) is 3. The van der Waals surface area contributed by atoms with Crippen LogP contribution in [0.1, 0.15) is 32.0 Å². The Morgan fingerprint density at radius 3 is 2.47 bits per heavy atom. The number of carbonyl (C=O) groups excluding carboxylic acids is 1. The fourth-order valence-electron chi connectivity index (χ4n) is 3.95. The minimum absolute atomic E-state index is 0.00586. The van der Waals surface area contributed by atoms with E-state index in [-0.39, 0.29) is 36.9 Å². The molecule has 10 nitrogen and oxygen atoms in total. The molecular weight excluding hydrogens is 632 g/mol. The predicted molar refractivity (Wildman–Crippen MR) is 177 cm³/mol. The Morgan fingerprint density at radius 2 is 1.82 bits per heavy atom. The number of thiazole rings is 1. The zero-order valence-corrected chi connectivity index (χ0v) is 27.3. The molecule has 4 N–H and O–H groups in total. The van der Waals surface area contributed by atoms with E-state index in [2.05, 4.69) is 15.9 Å². The number of carbonyl (C=O) groups is 1. The Labute approximate surface area is 275 Å². The van der Waals surface area contributed by atoms with Crippen LogP contribution in [0.5, 0.6) is 5.75 Å². The molecule has 2 aromatic heterocycles. The van der Waals surface area contributed by atoms with Crippen LogP contribution in [0.2, 0.25) is 5.02 Å². The lowest BCUT2D eigenvalue weighted by Crippen LogP contribution is -2.39. The van der Waals surface area contributed by atoms with Gasteiger partial charge in [-0.05, 0) is 50.6 Å². The highest BCUT2D eigenvalue weighted by molar-refractivity contribution is 7.98. The topological polar surface area (TPSA) is 151 Å². The van der Waals surface area contributed by atoms with E-state index >= 15 is 0 Å². The van der Waals surface area contributed by atoms with E-state index in [1.807, 2.05) is 50.4 Å². The summed E-state index contributed by atoms with van der Waals surface area (Å²) >= 11 is 8.84. The Balaban J connectivity index is 1.42. The van der Waals surface area contributed by atoms with Gasteiger partial charge >= 0.3 is 5.97 Å². The zero-order chi connectivity index (χ0) is 32.6. The van der Waals surface area contributed by atoms with Gasteiger partial charge in [-0.1, -0.05) is 47.6 Å². The van der Waals surface area contributed by atoms with Gasteiger partial charge in [-0.15, -0.1) is 11.3 Å². The number of hydrogen-bond acceptors (Lipinski definition) is 11. The summed E-state index contributed by atoms with van der Waals surface area (Å²) in [4.78, 5) is 24.8. The van der Waals surface area contributed by atoms with E-state index in [4.69, 9.17) is 48.8 Å². The molecule has 0 aliphatic rings. The van der Waals surface area contributed by atoms with E-state index in [1.165, 1.54) is 23.1 Å². The quantitative estimate of drug-likeness (QED) is 0.0710. The molecular formula is C32H31ClN6O4S2. The SMILES string of the molecule is [C-]#[N+]c1c(N)nc(SCc2csc(-c3ccc(Cl)cc3)n2)c(C#N)c1-c1ccc(OCCOC(=O)[C@@H](N)COC(C)(C)C)cc1. The molecule has 0 aliphatic heterocycles. The van der Waals surface area contributed by atoms with E-state index < -0.39 is 17.6 Å². The Hall–Kier alpha value is -4.17. The van der Waals surface area contributed by atoms with Gasteiger partial charge in [-0.25, -0.2) is 14.8 Å². The molecule has 13 heteroatoms. The highest BCUT2D eigenvalue weighted by atomic mass is 35.5. The predicted octanol–water partition coefficient (Wildman–Crippen LogP) is 6.89. The van der Waals surface area contributed by atoms with Crippen molar-refractivity contribution >= 4 is 52.2 Å². The molecule has 0 aliphatic carbocycles. The van der Waals surface area contributed by atoms with Crippen LogP contribution in [0.4, 0.5) is 11.5 Å². The number of thioether (sulfide) groups is 1. The average molecular weight is 663 g/mol. The minimum atomic E-state index is -0.890. The molecule has 0 fully saturated rings. The van der Waals surface area contributed by atoms with Gasteiger partial charge in [0.2, 0.25) is 5.69 Å². The third kappa shape index (κ3) is 9.17. The number of halogens is 1. The first-order valence-corrected chi connectivity index (χ1v) is 16.0. The number of anilines is 1. The van der Waals surface area contributed by atoms with Gasteiger partial charge in [0.25, 0.3) is 0 Å². The molecule has 0 bridgehead atoms. The van der Waals surface area contributed by atoms with Crippen molar-refractivity contribution < 1.29 is 19.0 Å². The summed E-state index contributed by atoms with van der Waals surface area (Å²) in [6.45, 7) is 13.5. The van der Waals surface area contributed by atoms with Crippen LogP contribution in [0, 0.1) is 17.9 Å². The molecule has 2 aromatic carbocycles. The second-order valence-corrected chi connectivity index (χ2v) is 12.9. The summed E-state index contributed by atoms with van der Waals surface area (Å²) in [6, 6.07) is 15.7. The van der Waals surface area contributed by atoms with Gasteiger partial charge in [0.05, 0.1) is 30.0 Å². The van der Waals surface area contributed by atoms with E-state index in [1.54, 1.807) is 24.3 Å². The van der Waals surface area contributed by atoms with Gasteiger partial charge in [0.15, 0.2) is 0 Å². The summed E-state index contributed by atoms with van der Waals surface area (Å²) in [5.74, 6) is 0.424. The van der Waals surface area contributed by atoms with Crippen LogP contribution >= 0.6 is 34.7 Å². The number of nitrogens with zero attached hydrogens (tertiary/aromatic N) is 4. The number of aromatic nitrogens is 2. The van der Waals surface area contributed by atoms with Gasteiger partial charge in [0.1, 0.15) is 46.9 Å². The van der Waals surface area contributed by atoms with Gasteiger partial charge in [0, 0.05) is 27.3 Å². The number of esters is 1. The lowest BCUT2D eigenvalue weighted by Gasteiger charge is -2.21. The molecule has 0 spiro atoms. The summed E-state index contributed by atoms with van der Waals surface area (Å²) in [6.07, 6.45) is 0. The molecule has 0 unspecified atom stereocenters. The number of nitrogens with two attached hydrogens (primary N) is 2. The van der Waals surface area contributed by atoms with E-state index in [9.17, 15) is 10.1 Å². The van der Waals surface area contributed by atoms with Crippen LogP contribution in [0.15, 0.2) is 58.9 Å². The molecule has 0 saturated carbocycles. The highest BCUT2D eigenvalue weighted by Crippen LogP contribution is 2.42. The summed E-state index contributed by atoms with van der Waals surface area (Å²) in [5, 5.41) is 14.0. The Morgan fingerprint density at radius 1 is 1.13 bits per heavy atom. The molecule has 1 atom stereocenters. The number of rotatable bonds is 12.